The molecular weight excluding hydrogens is 228 g/mol. The Balaban J connectivity index is 1.95. The van der Waals surface area contributed by atoms with Crippen molar-refractivity contribution in [2.75, 3.05) is 32.4 Å². The molecular formula is C10H18N2O3S. The van der Waals surface area contributed by atoms with E-state index in [0.29, 0.717) is 26.2 Å². The van der Waals surface area contributed by atoms with Crippen LogP contribution in [0.1, 0.15) is 19.3 Å². The predicted molar refractivity (Wildman–Crippen MR) is 60.3 cm³/mol. The second kappa shape index (κ2) is 4.33. The Hall–Kier alpha value is -0.620. The summed E-state index contributed by atoms with van der Waals surface area (Å²) in [5.74, 6) is 0.445. The summed E-state index contributed by atoms with van der Waals surface area (Å²) >= 11 is 0. The van der Waals surface area contributed by atoms with E-state index in [1.54, 1.807) is 0 Å². The van der Waals surface area contributed by atoms with E-state index in [2.05, 4.69) is 0 Å². The molecule has 2 fully saturated rings. The summed E-state index contributed by atoms with van der Waals surface area (Å²) in [5.41, 5.74) is 0. The maximum Gasteiger partial charge on any atom is 0.225 e. The van der Waals surface area contributed by atoms with Gasteiger partial charge in [-0.3, -0.25) is 4.79 Å². The summed E-state index contributed by atoms with van der Waals surface area (Å²) in [6.07, 6.45) is 3.98. The Morgan fingerprint density at radius 3 is 2.38 bits per heavy atom. The first-order valence-electron chi connectivity index (χ1n) is 5.72. The van der Waals surface area contributed by atoms with Gasteiger partial charge in [0.25, 0.3) is 0 Å². The number of rotatable bonds is 2. The standard InChI is InChI=1S/C10H18N2O3S/c1-16(14,15)12-6-2-5-11(7-8-12)10(13)9-3-4-9/h9H,2-8H2,1H3. The van der Waals surface area contributed by atoms with Crippen LogP contribution in [0.3, 0.4) is 0 Å². The van der Waals surface area contributed by atoms with Gasteiger partial charge in [-0.1, -0.05) is 0 Å². The van der Waals surface area contributed by atoms with Crippen LogP contribution in [0.4, 0.5) is 0 Å². The van der Waals surface area contributed by atoms with Gasteiger partial charge >= 0.3 is 0 Å². The van der Waals surface area contributed by atoms with Crippen molar-refractivity contribution in [1.82, 2.24) is 9.21 Å². The summed E-state index contributed by atoms with van der Waals surface area (Å²) in [5, 5.41) is 0. The van der Waals surface area contributed by atoms with Crippen LogP contribution in [0, 0.1) is 5.92 Å². The lowest BCUT2D eigenvalue weighted by atomic mass is 10.3. The van der Waals surface area contributed by atoms with Gasteiger partial charge in [-0.2, -0.15) is 0 Å². The lowest BCUT2D eigenvalue weighted by molar-refractivity contribution is -0.132. The lowest BCUT2D eigenvalue weighted by Crippen LogP contribution is -2.37. The van der Waals surface area contributed by atoms with Crippen LogP contribution in [-0.2, 0) is 14.8 Å². The van der Waals surface area contributed by atoms with Crippen molar-refractivity contribution in [1.29, 1.82) is 0 Å². The van der Waals surface area contributed by atoms with Crippen LogP contribution in [-0.4, -0.2) is 56.0 Å². The fourth-order valence-corrected chi connectivity index (χ4v) is 2.91. The molecule has 1 heterocycles. The minimum absolute atomic E-state index is 0.218. The monoisotopic (exact) mass is 246 g/mol. The average Bonchev–Trinajstić information content (AvgIpc) is 3.02. The first-order chi connectivity index (χ1) is 7.48. The van der Waals surface area contributed by atoms with Gasteiger partial charge in [-0.15, -0.1) is 0 Å². The highest BCUT2D eigenvalue weighted by Crippen LogP contribution is 2.31. The number of sulfonamides is 1. The molecule has 16 heavy (non-hydrogen) atoms. The zero-order chi connectivity index (χ0) is 11.8. The molecule has 2 aliphatic rings. The zero-order valence-corrected chi connectivity index (χ0v) is 10.4. The van der Waals surface area contributed by atoms with Gasteiger partial charge in [-0.05, 0) is 19.3 Å². The van der Waals surface area contributed by atoms with Gasteiger partial charge in [0, 0.05) is 32.1 Å². The molecule has 1 aliphatic carbocycles. The van der Waals surface area contributed by atoms with Crippen LogP contribution in [0.5, 0.6) is 0 Å². The fraction of sp³-hybridized carbons (Fsp3) is 0.900. The number of carbonyl (C=O) groups excluding carboxylic acids is 1. The molecule has 0 aromatic carbocycles. The highest BCUT2D eigenvalue weighted by molar-refractivity contribution is 7.88. The van der Waals surface area contributed by atoms with E-state index in [1.165, 1.54) is 10.6 Å². The van der Waals surface area contributed by atoms with Crippen LogP contribution >= 0.6 is 0 Å². The predicted octanol–water partition coefficient (Wildman–Crippen LogP) is -0.110. The van der Waals surface area contributed by atoms with Crippen molar-refractivity contribution in [3.05, 3.63) is 0 Å². The second-order valence-electron chi connectivity index (χ2n) is 4.62. The molecule has 0 radical (unpaired) electrons. The van der Waals surface area contributed by atoms with Gasteiger partial charge in [0.1, 0.15) is 0 Å². The third-order valence-electron chi connectivity index (χ3n) is 3.16. The van der Waals surface area contributed by atoms with E-state index >= 15 is 0 Å². The average molecular weight is 246 g/mol. The van der Waals surface area contributed by atoms with Crippen molar-refractivity contribution in [2.24, 2.45) is 5.92 Å². The summed E-state index contributed by atoms with van der Waals surface area (Å²) in [6.45, 7) is 2.22. The quantitative estimate of drug-likeness (QED) is 0.683. The largest absolute Gasteiger partial charge is 0.341 e. The molecule has 1 saturated carbocycles. The van der Waals surface area contributed by atoms with Crippen molar-refractivity contribution >= 4 is 15.9 Å². The van der Waals surface area contributed by atoms with E-state index in [4.69, 9.17) is 0 Å². The van der Waals surface area contributed by atoms with E-state index in [-0.39, 0.29) is 11.8 Å². The maximum absolute atomic E-state index is 11.8. The number of amides is 1. The molecule has 0 unspecified atom stereocenters. The molecule has 0 aromatic rings. The van der Waals surface area contributed by atoms with Crippen molar-refractivity contribution in [2.45, 2.75) is 19.3 Å². The molecule has 92 valence electrons. The summed E-state index contributed by atoms with van der Waals surface area (Å²) in [4.78, 5) is 13.6. The molecule has 0 aromatic heterocycles. The Labute approximate surface area is 96.5 Å². The van der Waals surface area contributed by atoms with Crippen LogP contribution < -0.4 is 0 Å². The smallest absolute Gasteiger partial charge is 0.225 e. The zero-order valence-electron chi connectivity index (χ0n) is 9.55. The number of hydrogen-bond donors (Lipinski definition) is 0. The highest BCUT2D eigenvalue weighted by atomic mass is 32.2. The molecule has 0 N–H and O–H groups in total. The molecule has 0 bridgehead atoms. The summed E-state index contributed by atoms with van der Waals surface area (Å²) in [7, 11) is -3.11. The molecule has 0 spiro atoms. The van der Waals surface area contributed by atoms with Crippen molar-refractivity contribution < 1.29 is 13.2 Å². The van der Waals surface area contributed by atoms with Crippen molar-refractivity contribution in [3.8, 4) is 0 Å². The topological polar surface area (TPSA) is 57.7 Å². The fourth-order valence-electron chi connectivity index (χ4n) is 2.03. The summed E-state index contributed by atoms with van der Waals surface area (Å²) < 4.78 is 24.2. The molecule has 5 nitrogen and oxygen atoms in total. The lowest BCUT2D eigenvalue weighted by Gasteiger charge is -2.20. The number of nitrogens with zero attached hydrogens (tertiary/aromatic N) is 2. The van der Waals surface area contributed by atoms with Gasteiger partial charge in [0.05, 0.1) is 6.26 Å². The third kappa shape index (κ3) is 2.74. The van der Waals surface area contributed by atoms with Gasteiger partial charge in [0.15, 0.2) is 0 Å². The first-order valence-corrected chi connectivity index (χ1v) is 7.57. The summed E-state index contributed by atoms with van der Waals surface area (Å²) in [6, 6.07) is 0. The third-order valence-corrected chi connectivity index (χ3v) is 4.47. The van der Waals surface area contributed by atoms with E-state index in [1.807, 2.05) is 4.90 Å². The number of carbonyl (C=O) groups is 1. The Kier molecular flexibility index (Phi) is 3.21. The van der Waals surface area contributed by atoms with Crippen LogP contribution in [0.15, 0.2) is 0 Å². The van der Waals surface area contributed by atoms with E-state index in [9.17, 15) is 13.2 Å². The van der Waals surface area contributed by atoms with Gasteiger partial charge in [-0.25, -0.2) is 12.7 Å². The van der Waals surface area contributed by atoms with Crippen LogP contribution in [0.2, 0.25) is 0 Å². The van der Waals surface area contributed by atoms with Crippen LogP contribution in [0.25, 0.3) is 0 Å². The van der Waals surface area contributed by atoms with E-state index < -0.39 is 10.0 Å². The molecule has 2 rings (SSSR count). The number of hydrogen-bond acceptors (Lipinski definition) is 3. The molecule has 1 aliphatic heterocycles. The molecule has 6 heteroatoms. The van der Waals surface area contributed by atoms with Gasteiger partial charge < -0.3 is 4.90 Å². The van der Waals surface area contributed by atoms with Crippen molar-refractivity contribution in [3.63, 3.8) is 0 Å². The van der Waals surface area contributed by atoms with Gasteiger partial charge in [0.2, 0.25) is 15.9 Å². The highest BCUT2D eigenvalue weighted by Gasteiger charge is 2.34. The maximum atomic E-state index is 11.8. The Morgan fingerprint density at radius 1 is 1.12 bits per heavy atom. The minimum atomic E-state index is -3.11. The minimum Gasteiger partial charge on any atom is -0.341 e. The molecule has 0 atom stereocenters. The molecule has 1 saturated heterocycles. The first kappa shape index (κ1) is 11.9. The SMILES string of the molecule is CS(=O)(=O)N1CCCN(C(=O)C2CC2)CC1. The Bertz CT molecular complexity index is 376. The second-order valence-corrected chi connectivity index (χ2v) is 6.60. The normalized spacial score (nSPS) is 24.2. The Morgan fingerprint density at radius 2 is 1.81 bits per heavy atom. The van der Waals surface area contributed by atoms with E-state index in [0.717, 1.165) is 19.3 Å². The molecule has 1 amide bonds.